The number of nitrogens with one attached hydrogen (secondary N) is 1. The molecule has 1 atom stereocenters. The van der Waals surface area contributed by atoms with Crippen molar-refractivity contribution >= 4 is 5.91 Å². The highest BCUT2D eigenvalue weighted by atomic mass is 16.1. The highest BCUT2D eigenvalue weighted by Crippen LogP contribution is 2.14. The number of hydrogen-bond acceptors (Lipinski definition) is 4. The molecule has 1 aliphatic rings. The molecule has 2 rings (SSSR count). The Morgan fingerprint density at radius 3 is 3.06 bits per heavy atom. The van der Waals surface area contributed by atoms with E-state index in [1.807, 2.05) is 12.1 Å². The Bertz CT molecular complexity index is 480. The maximum atomic E-state index is 11.3. The van der Waals surface area contributed by atoms with E-state index < -0.39 is 5.91 Å². The van der Waals surface area contributed by atoms with E-state index in [0.29, 0.717) is 18.7 Å². The van der Waals surface area contributed by atoms with Crippen molar-refractivity contribution < 1.29 is 4.79 Å². The summed E-state index contributed by atoms with van der Waals surface area (Å²) in [6.45, 7) is 2.90. The van der Waals surface area contributed by atoms with Crippen molar-refractivity contribution in [1.29, 1.82) is 5.26 Å². The Kier molecular flexibility index (Phi) is 3.92. The first-order valence-electron chi connectivity index (χ1n) is 5.94. The van der Waals surface area contributed by atoms with Crippen molar-refractivity contribution in [3.05, 3.63) is 35.4 Å². The molecule has 5 nitrogen and oxygen atoms in total. The molecule has 0 aromatic heterocycles. The van der Waals surface area contributed by atoms with Crippen molar-refractivity contribution in [2.45, 2.75) is 12.6 Å². The van der Waals surface area contributed by atoms with Crippen molar-refractivity contribution in [1.82, 2.24) is 10.2 Å². The van der Waals surface area contributed by atoms with Gasteiger partial charge in [-0.25, -0.2) is 0 Å². The third-order valence-electron chi connectivity index (χ3n) is 3.16. The molecule has 94 valence electrons. The number of carbonyl (C=O) groups excluding carboxylic acids is 1. The number of primary amides is 1. The van der Waals surface area contributed by atoms with Crippen LogP contribution in [0.1, 0.15) is 15.9 Å². The summed E-state index contributed by atoms with van der Waals surface area (Å²) >= 11 is 0. The van der Waals surface area contributed by atoms with Gasteiger partial charge in [-0.05, 0) is 11.6 Å². The first kappa shape index (κ1) is 12.6. The summed E-state index contributed by atoms with van der Waals surface area (Å²) in [6, 6.07) is 9.40. The number of amides is 1. The molecule has 18 heavy (non-hydrogen) atoms. The number of nitrogens with two attached hydrogens (primary N) is 1. The number of nitriles is 1. The Balaban J connectivity index is 2.18. The zero-order chi connectivity index (χ0) is 13.0. The Labute approximate surface area is 106 Å². The molecule has 0 saturated carbocycles. The molecule has 0 aliphatic carbocycles. The second-order valence-electron chi connectivity index (χ2n) is 4.34. The third kappa shape index (κ3) is 2.67. The number of nitrogens with zero attached hydrogens (tertiary/aromatic N) is 2. The van der Waals surface area contributed by atoms with E-state index in [0.717, 1.165) is 18.7 Å². The van der Waals surface area contributed by atoms with Crippen LogP contribution in [0.15, 0.2) is 24.3 Å². The molecule has 1 aliphatic heterocycles. The SMILES string of the molecule is N#CC1CNCCN1Cc1ccccc1C(N)=O. The number of rotatable bonds is 3. The average Bonchev–Trinajstić information content (AvgIpc) is 2.40. The fourth-order valence-corrected chi connectivity index (χ4v) is 2.18. The summed E-state index contributed by atoms with van der Waals surface area (Å²) in [4.78, 5) is 13.4. The maximum absolute atomic E-state index is 11.3. The highest BCUT2D eigenvalue weighted by Gasteiger charge is 2.22. The summed E-state index contributed by atoms with van der Waals surface area (Å²) in [7, 11) is 0. The first-order chi connectivity index (χ1) is 8.72. The highest BCUT2D eigenvalue weighted by molar-refractivity contribution is 5.94. The molecule has 0 radical (unpaired) electrons. The third-order valence-corrected chi connectivity index (χ3v) is 3.16. The lowest BCUT2D eigenvalue weighted by Gasteiger charge is -2.32. The Hall–Kier alpha value is -1.90. The van der Waals surface area contributed by atoms with Crippen LogP contribution >= 0.6 is 0 Å². The zero-order valence-corrected chi connectivity index (χ0v) is 10.1. The molecule has 3 N–H and O–H groups in total. The maximum Gasteiger partial charge on any atom is 0.249 e. The molecule has 1 aromatic rings. The van der Waals surface area contributed by atoms with E-state index in [-0.39, 0.29) is 6.04 Å². The van der Waals surface area contributed by atoms with Crippen LogP contribution in [0.3, 0.4) is 0 Å². The number of benzene rings is 1. The van der Waals surface area contributed by atoms with Gasteiger partial charge in [0.1, 0.15) is 6.04 Å². The minimum Gasteiger partial charge on any atom is -0.366 e. The van der Waals surface area contributed by atoms with Crippen LogP contribution in [-0.4, -0.2) is 36.5 Å². The van der Waals surface area contributed by atoms with Gasteiger partial charge in [0.2, 0.25) is 5.91 Å². The molecular weight excluding hydrogens is 228 g/mol. The van der Waals surface area contributed by atoms with E-state index in [1.54, 1.807) is 12.1 Å². The molecule has 1 amide bonds. The molecule has 1 aromatic carbocycles. The van der Waals surface area contributed by atoms with E-state index in [2.05, 4.69) is 16.3 Å². The number of hydrogen-bond donors (Lipinski definition) is 2. The predicted molar refractivity (Wildman–Crippen MR) is 67.6 cm³/mol. The van der Waals surface area contributed by atoms with Crippen molar-refractivity contribution in [2.24, 2.45) is 5.73 Å². The second kappa shape index (κ2) is 5.63. The van der Waals surface area contributed by atoms with Crippen LogP contribution < -0.4 is 11.1 Å². The zero-order valence-electron chi connectivity index (χ0n) is 10.1. The first-order valence-corrected chi connectivity index (χ1v) is 5.94. The van der Waals surface area contributed by atoms with Gasteiger partial charge in [-0.3, -0.25) is 9.69 Å². The van der Waals surface area contributed by atoms with Crippen molar-refractivity contribution in [3.8, 4) is 6.07 Å². The summed E-state index contributed by atoms with van der Waals surface area (Å²) in [5.74, 6) is -0.422. The van der Waals surface area contributed by atoms with Crippen LogP contribution in [0.5, 0.6) is 0 Å². The summed E-state index contributed by atoms with van der Waals surface area (Å²) in [5, 5.41) is 12.3. The molecular formula is C13H16N4O. The van der Waals surface area contributed by atoms with E-state index in [9.17, 15) is 4.79 Å². The fraction of sp³-hybridized carbons (Fsp3) is 0.385. The van der Waals surface area contributed by atoms with Gasteiger partial charge >= 0.3 is 0 Å². The smallest absolute Gasteiger partial charge is 0.249 e. The van der Waals surface area contributed by atoms with Crippen LogP contribution in [0.25, 0.3) is 0 Å². The van der Waals surface area contributed by atoms with Crippen molar-refractivity contribution in [3.63, 3.8) is 0 Å². The van der Waals surface area contributed by atoms with Crippen LogP contribution in [0, 0.1) is 11.3 Å². The van der Waals surface area contributed by atoms with Gasteiger partial charge in [0, 0.05) is 31.7 Å². The van der Waals surface area contributed by atoms with Gasteiger partial charge in [0.05, 0.1) is 6.07 Å². The van der Waals surface area contributed by atoms with Crippen LogP contribution in [0.4, 0.5) is 0 Å². The summed E-state index contributed by atoms with van der Waals surface area (Å²) in [6.07, 6.45) is 0. The molecule has 1 fully saturated rings. The van der Waals surface area contributed by atoms with Gasteiger partial charge in [0.25, 0.3) is 0 Å². The van der Waals surface area contributed by atoms with Crippen molar-refractivity contribution in [2.75, 3.05) is 19.6 Å². The fourth-order valence-electron chi connectivity index (χ4n) is 2.18. The van der Waals surface area contributed by atoms with E-state index in [4.69, 9.17) is 11.0 Å². The predicted octanol–water partition coefficient (Wildman–Crippen LogP) is 0.0829. The number of piperazine rings is 1. The second-order valence-corrected chi connectivity index (χ2v) is 4.34. The minimum absolute atomic E-state index is 0.153. The lowest BCUT2D eigenvalue weighted by molar-refractivity contribution is 0.0997. The van der Waals surface area contributed by atoms with Gasteiger partial charge in [0.15, 0.2) is 0 Å². The van der Waals surface area contributed by atoms with Crippen LogP contribution in [0.2, 0.25) is 0 Å². The molecule has 0 bridgehead atoms. The molecule has 5 heteroatoms. The van der Waals surface area contributed by atoms with Gasteiger partial charge in [-0.1, -0.05) is 18.2 Å². The monoisotopic (exact) mass is 244 g/mol. The molecule has 1 heterocycles. The Morgan fingerprint density at radius 1 is 1.56 bits per heavy atom. The van der Waals surface area contributed by atoms with E-state index >= 15 is 0 Å². The van der Waals surface area contributed by atoms with Gasteiger partial charge in [-0.2, -0.15) is 5.26 Å². The van der Waals surface area contributed by atoms with E-state index in [1.165, 1.54) is 0 Å². The van der Waals surface area contributed by atoms with Gasteiger partial charge in [-0.15, -0.1) is 0 Å². The number of carbonyl (C=O) groups is 1. The van der Waals surface area contributed by atoms with Gasteiger partial charge < -0.3 is 11.1 Å². The minimum atomic E-state index is -0.422. The lowest BCUT2D eigenvalue weighted by Crippen LogP contribution is -2.50. The standard InChI is InChI=1S/C13H16N4O/c14-7-11-8-16-5-6-17(11)9-10-3-1-2-4-12(10)13(15)18/h1-4,11,16H,5-6,8-9H2,(H2,15,18). The Morgan fingerprint density at radius 2 is 2.33 bits per heavy atom. The lowest BCUT2D eigenvalue weighted by atomic mass is 10.1. The van der Waals surface area contributed by atoms with Crippen LogP contribution in [-0.2, 0) is 6.54 Å². The quantitative estimate of drug-likeness (QED) is 0.789. The molecule has 1 saturated heterocycles. The molecule has 1 unspecified atom stereocenters. The topological polar surface area (TPSA) is 82.2 Å². The average molecular weight is 244 g/mol. The normalized spacial score (nSPS) is 20.3. The summed E-state index contributed by atoms with van der Waals surface area (Å²) in [5.41, 5.74) is 6.77. The summed E-state index contributed by atoms with van der Waals surface area (Å²) < 4.78 is 0. The molecule has 0 spiro atoms. The largest absolute Gasteiger partial charge is 0.366 e.